The first-order valence-electron chi connectivity index (χ1n) is 6.01. The fraction of sp³-hybridized carbons (Fsp3) is 0.143. The summed E-state index contributed by atoms with van der Waals surface area (Å²) in [4.78, 5) is 0. The van der Waals surface area contributed by atoms with Crippen LogP contribution in [0.2, 0.25) is 5.02 Å². The number of aryl methyl sites for hydroxylation is 1. The molecule has 0 saturated heterocycles. The summed E-state index contributed by atoms with van der Waals surface area (Å²) in [6.45, 7) is 1.92. The summed E-state index contributed by atoms with van der Waals surface area (Å²) >= 11 is 5.96. The van der Waals surface area contributed by atoms with Crippen molar-refractivity contribution in [3.8, 4) is 5.75 Å². The Hall–Kier alpha value is -1.56. The van der Waals surface area contributed by atoms with Crippen LogP contribution in [0.1, 0.15) is 11.1 Å². The van der Waals surface area contributed by atoms with E-state index in [4.69, 9.17) is 26.4 Å². The first-order valence-corrected chi connectivity index (χ1v) is 6.38. The molecule has 0 unspecified atom stereocenters. The predicted molar refractivity (Wildman–Crippen MR) is 76.7 cm³/mol. The van der Waals surface area contributed by atoms with Crippen molar-refractivity contribution in [3.05, 3.63) is 58.4 Å². The summed E-state index contributed by atoms with van der Waals surface area (Å²) in [6.07, 6.45) is 0. The molecular weight excluding hydrogens is 281 g/mol. The van der Waals surface area contributed by atoms with Crippen LogP contribution in [0.5, 0.6) is 5.75 Å². The molecular formula is C14H13BClFO3. The summed E-state index contributed by atoms with van der Waals surface area (Å²) < 4.78 is 18.7. The molecule has 0 spiro atoms. The molecule has 2 rings (SSSR count). The summed E-state index contributed by atoms with van der Waals surface area (Å²) in [6, 6.07) is 8.90. The number of ether oxygens (including phenoxy) is 1. The molecule has 0 radical (unpaired) electrons. The highest BCUT2D eigenvalue weighted by Crippen LogP contribution is 2.21. The normalized spacial score (nSPS) is 10.4. The van der Waals surface area contributed by atoms with Crippen LogP contribution < -0.4 is 10.2 Å². The smallest absolute Gasteiger partial charge is 0.488 e. The fourth-order valence-electron chi connectivity index (χ4n) is 1.80. The summed E-state index contributed by atoms with van der Waals surface area (Å²) in [5, 5.41) is 18.6. The van der Waals surface area contributed by atoms with E-state index in [0.717, 1.165) is 5.56 Å². The van der Waals surface area contributed by atoms with Crippen LogP contribution in [0.4, 0.5) is 4.39 Å². The van der Waals surface area contributed by atoms with E-state index in [1.807, 2.05) is 0 Å². The van der Waals surface area contributed by atoms with Gasteiger partial charge in [-0.2, -0.15) is 0 Å². The molecule has 0 aliphatic rings. The maximum absolute atomic E-state index is 13.1. The van der Waals surface area contributed by atoms with Crippen LogP contribution in [0.15, 0.2) is 36.4 Å². The molecule has 2 aromatic rings. The Labute approximate surface area is 121 Å². The van der Waals surface area contributed by atoms with Crippen molar-refractivity contribution in [2.24, 2.45) is 0 Å². The lowest BCUT2D eigenvalue weighted by Gasteiger charge is -2.11. The Morgan fingerprint density at radius 3 is 2.60 bits per heavy atom. The second-order valence-electron chi connectivity index (χ2n) is 4.42. The van der Waals surface area contributed by atoms with Gasteiger partial charge in [0, 0.05) is 10.6 Å². The molecule has 3 nitrogen and oxygen atoms in total. The lowest BCUT2D eigenvalue weighted by Crippen LogP contribution is -2.29. The van der Waals surface area contributed by atoms with Gasteiger partial charge in [0.15, 0.2) is 0 Å². The molecule has 20 heavy (non-hydrogen) atoms. The predicted octanol–water partition coefficient (Wildman–Crippen LogP) is 2.05. The number of hydrogen-bond donors (Lipinski definition) is 2. The first kappa shape index (κ1) is 14.8. The highest BCUT2D eigenvalue weighted by atomic mass is 35.5. The average molecular weight is 295 g/mol. The van der Waals surface area contributed by atoms with Crippen molar-refractivity contribution in [1.29, 1.82) is 0 Å². The van der Waals surface area contributed by atoms with Crippen molar-refractivity contribution in [2.75, 3.05) is 0 Å². The molecule has 104 valence electrons. The minimum atomic E-state index is -1.51. The number of benzene rings is 2. The largest absolute Gasteiger partial charge is 0.489 e. The van der Waals surface area contributed by atoms with Gasteiger partial charge in [-0.15, -0.1) is 0 Å². The van der Waals surface area contributed by atoms with Gasteiger partial charge in [-0.25, -0.2) is 4.39 Å². The third-order valence-corrected chi connectivity index (χ3v) is 3.26. The van der Waals surface area contributed by atoms with Gasteiger partial charge >= 0.3 is 7.12 Å². The zero-order chi connectivity index (χ0) is 14.7. The van der Waals surface area contributed by atoms with E-state index in [0.29, 0.717) is 21.8 Å². The molecule has 0 amide bonds. The first-order chi connectivity index (χ1) is 9.47. The standard InChI is InChI=1S/C14H13BClFO3/c1-9-6-11(15(18)19)2-5-14(9)20-8-10-7-12(17)3-4-13(10)16/h2-7,18-19H,8H2,1H3. The van der Waals surface area contributed by atoms with Gasteiger partial charge in [0.2, 0.25) is 0 Å². The molecule has 0 aliphatic heterocycles. The molecule has 0 fully saturated rings. The fourth-order valence-corrected chi connectivity index (χ4v) is 1.98. The maximum atomic E-state index is 13.1. The van der Waals surface area contributed by atoms with Crippen molar-refractivity contribution < 1.29 is 19.2 Å². The second-order valence-corrected chi connectivity index (χ2v) is 4.83. The van der Waals surface area contributed by atoms with E-state index in [2.05, 4.69) is 0 Å². The monoisotopic (exact) mass is 294 g/mol. The van der Waals surface area contributed by atoms with Gasteiger partial charge in [0.05, 0.1) is 0 Å². The van der Waals surface area contributed by atoms with Crippen molar-refractivity contribution in [3.63, 3.8) is 0 Å². The van der Waals surface area contributed by atoms with E-state index in [1.165, 1.54) is 18.2 Å². The van der Waals surface area contributed by atoms with E-state index in [1.54, 1.807) is 25.1 Å². The summed E-state index contributed by atoms with van der Waals surface area (Å²) in [7, 11) is -1.51. The lowest BCUT2D eigenvalue weighted by atomic mass is 9.79. The van der Waals surface area contributed by atoms with Crippen LogP contribution in [0, 0.1) is 12.7 Å². The third-order valence-electron chi connectivity index (χ3n) is 2.89. The van der Waals surface area contributed by atoms with Gasteiger partial charge in [0.1, 0.15) is 18.2 Å². The van der Waals surface area contributed by atoms with E-state index in [9.17, 15) is 4.39 Å². The molecule has 2 aromatic carbocycles. The van der Waals surface area contributed by atoms with E-state index in [-0.39, 0.29) is 12.4 Å². The zero-order valence-corrected chi connectivity index (χ0v) is 11.6. The molecule has 6 heteroatoms. The van der Waals surface area contributed by atoms with Crippen LogP contribution in [-0.4, -0.2) is 17.2 Å². The molecule has 0 heterocycles. The Balaban J connectivity index is 2.13. The topological polar surface area (TPSA) is 49.7 Å². The van der Waals surface area contributed by atoms with E-state index < -0.39 is 7.12 Å². The molecule has 0 atom stereocenters. The molecule has 0 bridgehead atoms. The molecule has 0 saturated carbocycles. The second kappa shape index (κ2) is 6.26. The highest BCUT2D eigenvalue weighted by molar-refractivity contribution is 6.58. The summed E-state index contributed by atoms with van der Waals surface area (Å²) in [5.41, 5.74) is 1.69. The number of halogens is 2. The van der Waals surface area contributed by atoms with Gasteiger partial charge in [-0.3, -0.25) is 0 Å². The lowest BCUT2D eigenvalue weighted by molar-refractivity contribution is 0.303. The van der Waals surface area contributed by atoms with Gasteiger partial charge in [0.25, 0.3) is 0 Å². The number of rotatable bonds is 4. The third kappa shape index (κ3) is 3.51. The molecule has 0 aliphatic carbocycles. The van der Waals surface area contributed by atoms with Crippen molar-refractivity contribution >= 4 is 24.2 Å². The Morgan fingerprint density at radius 1 is 1.20 bits per heavy atom. The SMILES string of the molecule is Cc1cc(B(O)O)ccc1OCc1cc(F)ccc1Cl. The van der Waals surface area contributed by atoms with Crippen molar-refractivity contribution in [2.45, 2.75) is 13.5 Å². The minimum Gasteiger partial charge on any atom is -0.489 e. The van der Waals surface area contributed by atoms with Gasteiger partial charge in [-0.1, -0.05) is 23.7 Å². The highest BCUT2D eigenvalue weighted by Gasteiger charge is 2.12. The molecule has 0 aromatic heterocycles. The summed E-state index contributed by atoms with van der Waals surface area (Å²) in [5.74, 6) is 0.207. The van der Waals surface area contributed by atoms with Crippen LogP contribution in [0.25, 0.3) is 0 Å². The Bertz CT molecular complexity index is 619. The van der Waals surface area contributed by atoms with Gasteiger partial charge < -0.3 is 14.8 Å². The molecule has 2 N–H and O–H groups in total. The Kier molecular flexibility index (Phi) is 4.65. The zero-order valence-electron chi connectivity index (χ0n) is 10.8. The quantitative estimate of drug-likeness (QED) is 0.849. The minimum absolute atomic E-state index is 0.137. The van der Waals surface area contributed by atoms with Crippen LogP contribution in [-0.2, 0) is 6.61 Å². The number of hydrogen-bond acceptors (Lipinski definition) is 3. The van der Waals surface area contributed by atoms with E-state index >= 15 is 0 Å². The van der Waals surface area contributed by atoms with Crippen LogP contribution >= 0.6 is 11.6 Å². The maximum Gasteiger partial charge on any atom is 0.488 e. The van der Waals surface area contributed by atoms with Gasteiger partial charge in [-0.05, 0) is 42.2 Å². The van der Waals surface area contributed by atoms with Crippen LogP contribution in [0.3, 0.4) is 0 Å². The Morgan fingerprint density at radius 2 is 1.95 bits per heavy atom. The average Bonchev–Trinajstić information content (AvgIpc) is 2.40. The van der Waals surface area contributed by atoms with Crippen molar-refractivity contribution in [1.82, 2.24) is 0 Å².